The maximum Gasteiger partial charge on any atom is 0.331 e. The first kappa shape index (κ1) is 14.6. The molecule has 0 aliphatic heterocycles. The Kier molecular flexibility index (Phi) is 9.22. The smallest absolute Gasteiger partial charge is 0.324 e. The van der Waals surface area contributed by atoms with Gasteiger partial charge in [0, 0.05) is 8.81 Å². The molecule has 5 heteroatoms. The highest BCUT2D eigenvalue weighted by atomic mass is 31.2. The third-order valence-corrected chi connectivity index (χ3v) is 4.78. The first-order valence-corrected chi connectivity index (χ1v) is 8.46. The molecule has 0 aliphatic carbocycles. The van der Waals surface area contributed by atoms with Crippen molar-refractivity contribution >= 4 is 16.4 Å². The SMILES string of the molecule is CCCCCCCCP(=O)(O)OPC. The topological polar surface area (TPSA) is 46.5 Å². The van der Waals surface area contributed by atoms with Gasteiger partial charge in [0.25, 0.3) is 0 Å². The molecule has 0 aromatic rings. The Bertz CT molecular complexity index is 173. The highest BCUT2D eigenvalue weighted by Gasteiger charge is 2.16. The van der Waals surface area contributed by atoms with E-state index in [4.69, 9.17) is 4.31 Å². The van der Waals surface area contributed by atoms with Crippen LogP contribution in [0.4, 0.5) is 0 Å². The third kappa shape index (κ3) is 9.15. The number of hydrogen-bond acceptors (Lipinski definition) is 2. The van der Waals surface area contributed by atoms with Gasteiger partial charge in [-0.15, -0.1) is 0 Å². The van der Waals surface area contributed by atoms with Crippen molar-refractivity contribution in [2.24, 2.45) is 0 Å². The summed E-state index contributed by atoms with van der Waals surface area (Å²) in [5, 5.41) is 0. The van der Waals surface area contributed by atoms with Crippen LogP contribution in [0.25, 0.3) is 0 Å². The molecule has 0 fully saturated rings. The van der Waals surface area contributed by atoms with Crippen molar-refractivity contribution < 1.29 is 13.8 Å². The highest BCUT2D eigenvalue weighted by Crippen LogP contribution is 2.47. The standard InChI is InChI=1S/C9H22O3P2/c1-3-4-5-6-7-8-9-14(10,11)12-13-2/h13H,3-9H2,1-2H3,(H,10,11). The van der Waals surface area contributed by atoms with Crippen molar-refractivity contribution in [3.63, 3.8) is 0 Å². The molecule has 0 radical (unpaired) electrons. The molecule has 1 N–H and O–H groups in total. The fourth-order valence-electron chi connectivity index (χ4n) is 1.28. The molecule has 3 nitrogen and oxygen atoms in total. The lowest BCUT2D eigenvalue weighted by Crippen LogP contribution is -1.89. The summed E-state index contributed by atoms with van der Waals surface area (Å²) in [5.74, 6) is 0. The van der Waals surface area contributed by atoms with Crippen molar-refractivity contribution in [3.8, 4) is 0 Å². The first-order chi connectivity index (χ1) is 6.62. The molecule has 0 aliphatic rings. The Morgan fingerprint density at radius 2 is 1.79 bits per heavy atom. The van der Waals surface area contributed by atoms with Crippen LogP contribution in [-0.2, 0) is 8.88 Å². The summed E-state index contributed by atoms with van der Waals surface area (Å²) in [5.41, 5.74) is 0. The maximum absolute atomic E-state index is 11.2. The van der Waals surface area contributed by atoms with Gasteiger partial charge in [0.1, 0.15) is 0 Å². The lowest BCUT2D eigenvalue weighted by atomic mass is 10.1. The van der Waals surface area contributed by atoms with Gasteiger partial charge in [0.05, 0.1) is 6.16 Å². The molecule has 0 bridgehead atoms. The fraction of sp³-hybridized carbons (Fsp3) is 1.00. The summed E-state index contributed by atoms with van der Waals surface area (Å²) in [4.78, 5) is 9.26. The van der Waals surface area contributed by atoms with Gasteiger partial charge in [0.15, 0.2) is 0 Å². The van der Waals surface area contributed by atoms with Crippen LogP contribution >= 0.6 is 16.4 Å². The molecule has 86 valence electrons. The van der Waals surface area contributed by atoms with Gasteiger partial charge in [-0.25, -0.2) is 0 Å². The molecule has 14 heavy (non-hydrogen) atoms. The summed E-state index contributed by atoms with van der Waals surface area (Å²) in [6, 6.07) is 0. The van der Waals surface area contributed by atoms with Crippen LogP contribution in [0.1, 0.15) is 45.4 Å². The Hall–Kier alpha value is 0.580. The van der Waals surface area contributed by atoms with Gasteiger partial charge in [-0.05, 0) is 13.1 Å². The summed E-state index contributed by atoms with van der Waals surface area (Å²) >= 11 is 0. The maximum atomic E-state index is 11.2. The van der Waals surface area contributed by atoms with Crippen molar-refractivity contribution in [2.75, 3.05) is 12.8 Å². The highest BCUT2D eigenvalue weighted by molar-refractivity contribution is 7.59. The quantitative estimate of drug-likeness (QED) is 0.493. The van der Waals surface area contributed by atoms with Gasteiger partial charge in [-0.1, -0.05) is 39.0 Å². The molecule has 0 saturated carbocycles. The molecule has 0 rings (SSSR count). The van der Waals surface area contributed by atoms with E-state index < -0.39 is 7.60 Å². The van der Waals surface area contributed by atoms with Gasteiger partial charge < -0.3 is 4.89 Å². The van der Waals surface area contributed by atoms with E-state index in [0.717, 1.165) is 12.8 Å². The second kappa shape index (κ2) is 8.85. The Balaban J connectivity index is 3.30. The van der Waals surface area contributed by atoms with E-state index in [1.54, 1.807) is 6.66 Å². The van der Waals surface area contributed by atoms with Gasteiger partial charge in [-0.2, -0.15) is 0 Å². The molecule has 0 aromatic carbocycles. The van der Waals surface area contributed by atoms with E-state index in [0.29, 0.717) is 6.16 Å². The number of unbranched alkanes of at least 4 members (excludes halogenated alkanes) is 5. The third-order valence-electron chi connectivity index (χ3n) is 2.03. The fourth-order valence-corrected chi connectivity index (χ4v) is 3.41. The molecule has 0 amide bonds. The lowest BCUT2D eigenvalue weighted by molar-refractivity contribution is 0.395. The summed E-state index contributed by atoms with van der Waals surface area (Å²) in [6.45, 7) is 3.95. The first-order valence-electron chi connectivity index (χ1n) is 5.29. The average molecular weight is 240 g/mol. The van der Waals surface area contributed by atoms with E-state index in [2.05, 4.69) is 6.92 Å². The van der Waals surface area contributed by atoms with E-state index in [1.165, 1.54) is 25.7 Å². The molecule has 0 saturated heterocycles. The van der Waals surface area contributed by atoms with E-state index >= 15 is 0 Å². The molecular formula is C9H22O3P2. The molecule has 2 atom stereocenters. The van der Waals surface area contributed by atoms with Crippen LogP contribution in [-0.4, -0.2) is 17.7 Å². The van der Waals surface area contributed by atoms with Crippen LogP contribution in [0, 0.1) is 0 Å². The largest absolute Gasteiger partial charge is 0.331 e. The number of hydrogen-bond donors (Lipinski definition) is 1. The van der Waals surface area contributed by atoms with E-state index in [9.17, 15) is 9.46 Å². The van der Waals surface area contributed by atoms with Crippen molar-refractivity contribution in [1.82, 2.24) is 0 Å². The molecular weight excluding hydrogens is 218 g/mol. The van der Waals surface area contributed by atoms with E-state index in [-0.39, 0.29) is 8.81 Å². The summed E-state index contributed by atoms with van der Waals surface area (Å²) < 4.78 is 16.0. The zero-order valence-electron chi connectivity index (χ0n) is 9.16. The lowest BCUT2D eigenvalue weighted by Gasteiger charge is -2.09. The molecule has 0 heterocycles. The normalized spacial score (nSPS) is 16.2. The summed E-state index contributed by atoms with van der Waals surface area (Å²) in [6.07, 6.45) is 7.08. The Morgan fingerprint density at radius 3 is 2.36 bits per heavy atom. The zero-order valence-corrected chi connectivity index (χ0v) is 11.1. The Labute approximate surface area is 89.0 Å². The van der Waals surface area contributed by atoms with Crippen molar-refractivity contribution in [1.29, 1.82) is 0 Å². The number of rotatable bonds is 9. The predicted molar refractivity (Wildman–Crippen MR) is 63.4 cm³/mol. The molecule has 0 aromatic heterocycles. The monoisotopic (exact) mass is 240 g/mol. The molecule has 2 unspecified atom stereocenters. The van der Waals surface area contributed by atoms with Crippen molar-refractivity contribution in [3.05, 3.63) is 0 Å². The van der Waals surface area contributed by atoms with Crippen LogP contribution in [0.3, 0.4) is 0 Å². The minimum Gasteiger partial charge on any atom is -0.324 e. The Morgan fingerprint density at radius 1 is 1.21 bits per heavy atom. The van der Waals surface area contributed by atoms with Gasteiger partial charge in [0.2, 0.25) is 0 Å². The molecule has 0 spiro atoms. The summed E-state index contributed by atoms with van der Waals surface area (Å²) in [7, 11) is -3.13. The minimum absolute atomic E-state index is 0.108. The van der Waals surface area contributed by atoms with Crippen molar-refractivity contribution in [2.45, 2.75) is 45.4 Å². The zero-order chi connectivity index (χ0) is 10.9. The van der Waals surface area contributed by atoms with Gasteiger partial charge >= 0.3 is 7.60 Å². The average Bonchev–Trinajstić information content (AvgIpc) is 2.11. The second-order valence-electron chi connectivity index (χ2n) is 3.42. The van der Waals surface area contributed by atoms with E-state index in [1.807, 2.05) is 0 Å². The van der Waals surface area contributed by atoms with Crippen LogP contribution in [0.5, 0.6) is 0 Å². The second-order valence-corrected chi connectivity index (χ2v) is 6.28. The van der Waals surface area contributed by atoms with Crippen LogP contribution in [0.15, 0.2) is 0 Å². The van der Waals surface area contributed by atoms with Crippen LogP contribution < -0.4 is 0 Å². The van der Waals surface area contributed by atoms with Gasteiger partial charge in [-0.3, -0.25) is 8.88 Å². The van der Waals surface area contributed by atoms with Crippen LogP contribution in [0.2, 0.25) is 0 Å². The predicted octanol–water partition coefficient (Wildman–Crippen LogP) is 3.77. The minimum atomic E-state index is -3.24.